The van der Waals surface area contributed by atoms with E-state index in [1.54, 1.807) is 0 Å². The minimum atomic E-state index is -0.777. The van der Waals surface area contributed by atoms with Crippen LogP contribution in [0.5, 0.6) is 0 Å². The molecule has 1 atom stereocenters. The van der Waals surface area contributed by atoms with Gasteiger partial charge < -0.3 is 14.2 Å². The van der Waals surface area contributed by atoms with E-state index in [0.717, 1.165) is 109 Å². The van der Waals surface area contributed by atoms with Gasteiger partial charge in [0.05, 0.1) is 0 Å². The Kier molecular flexibility index (Phi) is 60.7. The van der Waals surface area contributed by atoms with Crippen molar-refractivity contribution in [2.24, 2.45) is 0 Å². The maximum Gasteiger partial charge on any atom is 0.306 e. The van der Waals surface area contributed by atoms with Crippen LogP contribution >= 0.6 is 0 Å². The van der Waals surface area contributed by atoms with Gasteiger partial charge in [0.25, 0.3) is 0 Å². The number of esters is 3. The van der Waals surface area contributed by atoms with Crippen LogP contribution in [0, 0.1) is 0 Å². The number of carbonyl (C=O) groups is 3. The normalized spacial score (nSPS) is 12.5. The van der Waals surface area contributed by atoms with E-state index in [-0.39, 0.29) is 31.1 Å². The third-order valence-corrected chi connectivity index (χ3v) is 14.2. The van der Waals surface area contributed by atoms with Gasteiger partial charge in [-0.3, -0.25) is 14.4 Å². The Morgan fingerprint density at radius 1 is 0.280 bits per heavy atom. The molecule has 0 saturated heterocycles. The van der Waals surface area contributed by atoms with Crippen LogP contribution in [0.15, 0.2) is 72.9 Å². The van der Waals surface area contributed by atoms with Gasteiger partial charge in [-0.1, -0.05) is 293 Å². The van der Waals surface area contributed by atoms with Gasteiger partial charge in [0.1, 0.15) is 13.2 Å². The second-order valence-electron chi connectivity index (χ2n) is 21.6. The molecule has 0 aromatic carbocycles. The SMILES string of the molecule is CC/C=C\C/C=C\C/C=C\C/C=C\CCCCCCCCCCCCCCCCCCCCCCC(=O)OCC(COC(=O)CCCCCCCCCC)OC(=O)CCCCCCC/C=C\C/C=C\CCCCCC. The third-order valence-electron chi connectivity index (χ3n) is 14.2. The number of unbranched alkanes of at least 4 members (excludes halogenated alkanes) is 36. The van der Waals surface area contributed by atoms with Gasteiger partial charge in [-0.2, -0.15) is 0 Å². The van der Waals surface area contributed by atoms with E-state index in [1.807, 2.05) is 0 Å². The Hall–Kier alpha value is -3.15. The zero-order valence-electron chi connectivity index (χ0n) is 49.8. The largest absolute Gasteiger partial charge is 0.462 e. The van der Waals surface area contributed by atoms with Crippen molar-refractivity contribution >= 4 is 17.9 Å². The molecular formula is C69H122O6. The van der Waals surface area contributed by atoms with Crippen LogP contribution in [-0.4, -0.2) is 37.2 Å². The fourth-order valence-electron chi connectivity index (χ4n) is 9.35. The molecule has 0 aliphatic heterocycles. The molecule has 0 heterocycles. The van der Waals surface area contributed by atoms with Crippen molar-refractivity contribution in [3.05, 3.63) is 72.9 Å². The highest BCUT2D eigenvalue weighted by Gasteiger charge is 2.19. The lowest BCUT2D eigenvalue weighted by molar-refractivity contribution is -0.167. The summed E-state index contributed by atoms with van der Waals surface area (Å²) in [5.41, 5.74) is 0. The van der Waals surface area contributed by atoms with Gasteiger partial charge in [0, 0.05) is 19.3 Å². The first-order valence-corrected chi connectivity index (χ1v) is 32.4. The van der Waals surface area contributed by atoms with Crippen LogP contribution in [0.4, 0.5) is 0 Å². The Morgan fingerprint density at radius 2 is 0.520 bits per heavy atom. The molecule has 0 spiro atoms. The standard InChI is InChI=1S/C69H122O6/c1-4-7-10-13-16-19-21-23-25-27-28-29-30-31-32-33-34-35-36-37-38-39-40-41-42-43-45-46-48-50-53-56-59-62-68(71)74-65-66(64-73-67(70)61-58-55-52-18-15-12-9-6-3)75-69(72)63-60-57-54-51-49-47-44-26-24-22-20-17-14-11-8-5-2/h7,10,16,19-20,22-23,25-26,28-29,44,66H,4-6,8-9,11-15,17-18,21,24,27,30-43,45-65H2,1-3H3/b10-7-,19-16-,22-20-,25-23-,29-28-,44-26-. The lowest BCUT2D eigenvalue weighted by Gasteiger charge is -2.18. The van der Waals surface area contributed by atoms with Crippen molar-refractivity contribution in [1.29, 1.82) is 0 Å². The molecule has 0 aromatic heterocycles. The molecule has 0 aliphatic rings. The summed E-state index contributed by atoms with van der Waals surface area (Å²) in [6.07, 6.45) is 82.3. The van der Waals surface area contributed by atoms with E-state index in [4.69, 9.17) is 14.2 Å². The van der Waals surface area contributed by atoms with Crippen molar-refractivity contribution in [2.75, 3.05) is 13.2 Å². The van der Waals surface area contributed by atoms with Crippen molar-refractivity contribution in [1.82, 2.24) is 0 Å². The van der Waals surface area contributed by atoms with Crippen LogP contribution in [-0.2, 0) is 28.6 Å². The quantitative estimate of drug-likeness (QED) is 0.0261. The second-order valence-corrected chi connectivity index (χ2v) is 21.6. The second kappa shape index (κ2) is 63.4. The molecule has 0 saturated carbocycles. The van der Waals surface area contributed by atoms with Crippen molar-refractivity contribution < 1.29 is 28.6 Å². The van der Waals surface area contributed by atoms with E-state index in [0.29, 0.717) is 19.3 Å². The Labute approximate surface area is 465 Å². The number of ether oxygens (including phenoxy) is 3. The Balaban J connectivity index is 4.03. The Morgan fingerprint density at radius 3 is 0.827 bits per heavy atom. The first-order chi connectivity index (χ1) is 37.0. The van der Waals surface area contributed by atoms with E-state index < -0.39 is 6.10 Å². The summed E-state index contributed by atoms with van der Waals surface area (Å²) in [4.78, 5) is 38.1. The lowest BCUT2D eigenvalue weighted by atomic mass is 10.0. The number of carbonyl (C=O) groups excluding carboxylic acids is 3. The fourth-order valence-corrected chi connectivity index (χ4v) is 9.35. The predicted octanol–water partition coefficient (Wildman–Crippen LogP) is 22.1. The molecule has 0 amide bonds. The van der Waals surface area contributed by atoms with Crippen molar-refractivity contribution in [3.8, 4) is 0 Å². The molecule has 0 radical (unpaired) electrons. The third kappa shape index (κ3) is 61.6. The molecule has 434 valence electrons. The summed E-state index contributed by atoms with van der Waals surface area (Å²) >= 11 is 0. The molecule has 75 heavy (non-hydrogen) atoms. The van der Waals surface area contributed by atoms with Crippen molar-refractivity contribution in [2.45, 2.75) is 335 Å². The molecule has 0 aromatic rings. The zero-order chi connectivity index (χ0) is 54.3. The number of hydrogen-bond donors (Lipinski definition) is 0. The molecule has 0 bridgehead atoms. The molecule has 0 fully saturated rings. The number of hydrogen-bond acceptors (Lipinski definition) is 6. The summed E-state index contributed by atoms with van der Waals surface area (Å²) in [6.45, 7) is 6.50. The zero-order valence-corrected chi connectivity index (χ0v) is 49.8. The summed E-state index contributed by atoms with van der Waals surface area (Å²) in [5.74, 6) is -0.879. The van der Waals surface area contributed by atoms with E-state index >= 15 is 0 Å². The first-order valence-electron chi connectivity index (χ1n) is 32.4. The molecule has 1 unspecified atom stereocenters. The van der Waals surface area contributed by atoms with Crippen LogP contribution < -0.4 is 0 Å². The van der Waals surface area contributed by atoms with Gasteiger partial charge in [-0.05, 0) is 89.9 Å². The van der Waals surface area contributed by atoms with E-state index in [1.165, 1.54) is 180 Å². The summed E-state index contributed by atoms with van der Waals surface area (Å²) in [7, 11) is 0. The van der Waals surface area contributed by atoms with Crippen LogP contribution in [0.1, 0.15) is 329 Å². The van der Waals surface area contributed by atoms with Crippen LogP contribution in [0.2, 0.25) is 0 Å². The van der Waals surface area contributed by atoms with Crippen LogP contribution in [0.3, 0.4) is 0 Å². The van der Waals surface area contributed by atoms with Crippen molar-refractivity contribution in [3.63, 3.8) is 0 Å². The first kappa shape index (κ1) is 71.8. The monoisotopic (exact) mass is 1050 g/mol. The van der Waals surface area contributed by atoms with Crippen LogP contribution in [0.25, 0.3) is 0 Å². The predicted molar refractivity (Wildman–Crippen MR) is 325 cm³/mol. The molecule has 6 nitrogen and oxygen atoms in total. The molecule has 6 heteroatoms. The molecule has 0 aliphatic carbocycles. The highest BCUT2D eigenvalue weighted by molar-refractivity contribution is 5.71. The topological polar surface area (TPSA) is 78.9 Å². The summed E-state index contributed by atoms with van der Waals surface area (Å²) in [6, 6.07) is 0. The highest BCUT2D eigenvalue weighted by atomic mass is 16.6. The highest BCUT2D eigenvalue weighted by Crippen LogP contribution is 2.17. The number of rotatable bonds is 59. The average molecular weight is 1050 g/mol. The minimum Gasteiger partial charge on any atom is -0.462 e. The molecule has 0 rings (SSSR count). The van der Waals surface area contributed by atoms with Gasteiger partial charge in [0.2, 0.25) is 0 Å². The van der Waals surface area contributed by atoms with E-state index in [9.17, 15) is 14.4 Å². The smallest absolute Gasteiger partial charge is 0.306 e. The molecule has 0 N–H and O–H groups in total. The van der Waals surface area contributed by atoms with Gasteiger partial charge in [-0.15, -0.1) is 0 Å². The lowest BCUT2D eigenvalue weighted by Crippen LogP contribution is -2.30. The minimum absolute atomic E-state index is 0.0762. The fraction of sp³-hybridized carbons (Fsp3) is 0.783. The van der Waals surface area contributed by atoms with Gasteiger partial charge in [-0.25, -0.2) is 0 Å². The number of allylic oxidation sites excluding steroid dienone is 12. The Bertz CT molecular complexity index is 1390. The molecular weight excluding hydrogens is 925 g/mol. The maximum absolute atomic E-state index is 12.8. The van der Waals surface area contributed by atoms with Gasteiger partial charge >= 0.3 is 17.9 Å². The maximum atomic E-state index is 12.8. The van der Waals surface area contributed by atoms with Gasteiger partial charge in [0.15, 0.2) is 6.10 Å². The van der Waals surface area contributed by atoms with E-state index in [2.05, 4.69) is 93.7 Å². The average Bonchev–Trinajstić information content (AvgIpc) is 3.41. The summed E-state index contributed by atoms with van der Waals surface area (Å²) < 4.78 is 16.8. The summed E-state index contributed by atoms with van der Waals surface area (Å²) in [5, 5.41) is 0.